The molecule has 1 aromatic rings. The standard InChI is InChI=1S/C16H28N2O2/c1-14(15-6-9-18(2)10-7-15)17-8-4-11-19-13-16-5-3-12-20-16/h3,5,12,14-15,17H,4,6-11,13H2,1-2H3. The number of hydrogen-bond donors (Lipinski definition) is 1. The second-order valence-electron chi connectivity index (χ2n) is 5.87. The number of rotatable bonds is 8. The molecule has 4 heteroatoms. The summed E-state index contributed by atoms with van der Waals surface area (Å²) in [5.41, 5.74) is 0. The van der Waals surface area contributed by atoms with Gasteiger partial charge in [-0.2, -0.15) is 0 Å². The summed E-state index contributed by atoms with van der Waals surface area (Å²) >= 11 is 0. The van der Waals surface area contributed by atoms with Gasteiger partial charge in [-0.25, -0.2) is 0 Å². The molecule has 0 spiro atoms. The number of hydrogen-bond acceptors (Lipinski definition) is 4. The van der Waals surface area contributed by atoms with E-state index in [2.05, 4.69) is 24.2 Å². The van der Waals surface area contributed by atoms with Crippen LogP contribution in [0.1, 0.15) is 31.9 Å². The highest BCUT2D eigenvalue weighted by atomic mass is 16.5. The van der Waals surface area contributed by atoms with Crippen molar-refractivity contribution in [3.05, 3.63) is 24.2 Å². The van der Waals surface area contributed by atoms with Gasteiger partial charge >= 0.3 is 0 Å². The number of likely N-dealkylation sites (tertiary alicyclic amines) is 1. The van der Waals surface area contributed by atoms with E-state index in [0.717, 1.165) is 31.3 Å². The molecule has 1 aromatic heterocycles. The minimum atomic E-state index is 0.581. The third-order valence-corrected chi connectivity index (χ3v) is 4.23. The molecule has 114 valence electrons. The van der Waals surface area contributed by atoms with Gasteiger partial charge in [0.1, 0.15) is 12.4 Å². The summed E-state index contributed by atoms with van der Waals surface area (Å²) in [6.45, 7) is 7.20. The third kappa shape index (κ3) is 5.27. The number of ether oxygens (including phenoxy) is 1. The Morgan fingerprint density at radius 3 is 2.95 bits per heavy atom. The Kier molecular flexibility index (Phi) is 6.57. The van der Waals surface area contributed by atoms with Gasteiger partial charge in [0.15, 0.2) is 0 Å². The van der Waals surface area contributed by atoms with Crippen molar-refractivity contribution in [1.82, 2.24) is 10.2 Å². The fourth-order valence-corrected chi connectivity index (χ4v) is 2.77. The van der Waals surface area contributed by atoms with Crippen molar-refractivity contribution in [2.75, 3.05) is 33.3 Å². The molecule has 20 heavy (non-hydrogen) atoms. The summed E-state index contributed by atoms with van der Waals surface area (Å²) in [5.74, 6) is 1.73. The molecule has 0 bridgehead atoms. The maximum absolute atomic E-state index is 5.58. The largest absolute Gasteiger partial charge is 0.467 e. The molecule has 0 radical (unpaired) electrons. The van der Waals surface area contributed by atoms with Crippen molar-refractivity contribution in [1.29, 1.82) is 0 Å². The van der Waals surface area contributed by atoms with Crippen molar-refractivity contribution >= 4 is 0 Å². The Bertz CT molecular complexity index is 345. The Morgan fingerprint density at radius 1 is 1.45 bits per heavy atom. The fraction of sp³-hybridized carbons (Fsp3) is 0.750. The molecule has 1 atom stereocenters. The lowest BCUT2D eigenvalue weighted by Gasteiger charge is -2.33. The molecule has 1 N–H and O–H groups in total. The molecule has 0 aromatic carbocycles. The summed E-state index contributed by atoms with van der Waals surface area (Å²) in [6.07, 6.45) is 5.38. The van der Waals surface area contributed by atoms with Crippen LogP contribution < -0.4 is 5.32 Å². The summed E-state index contributed by atoms with van der Waals surface area (Å²) in [7, 11) is 2.21. The van der Waals surface area contributed by atoms with E-state index in [1.165, 1.54) is 25.9 Å². The number of furan rings is 1. The minimum absolute atomic E-state index is 0.581. The zero-order valence-corrected chi connectivity index (χ0v) is 12.8. The SMILES string of the molecule is CC(NCCCOCc1ccco1)C1CCN(C)CC1. The van der Waals surface area contributed by atoms with E-state index in [4.69, 9.17) is 9.15 Å². The van der Waals surface area contributed by atoms with Crippen LogP contribution in [0.2, 0.25) is 0 Å². The minimum Gasteiger partial charge on any atom is -0.467 e. The molecule has 4 nitrogen and oxygen atoms in total. The van der Waals surface area contributed by atoms with E-state index in [9.17, 15) is 0 Å². The Morgan fingerprint density at radius 2 is 2.25 bits per heavy atom. The van der Waals surface area contributed by atoms with Crippen molar-refractivity contribution in [3.63, 3.8) is 0 Å². The van der Waals surface area contributed by atoms with E-state index < -0.39 is 0 Å². The molecule has 0 amide bonds. The molecule has 1 saturated heterocycles. The highest BCUT2D eigenvalue weighted by Gasteiger charge is 2.21. The zero-order chi connectivity index (χ0) is 14.2. The highest BCUT2D eigenvalue weighted by Crippen LogP contribution is 2.19. The quantitative estimate of drug-likeness (QED) is 0.743. The van der Waals surface area contributed by atoms with Gasteiger partial charge in [0, 0.05) is 12.6 Å². The molecular formula is C16H28N2O2. The lowest BCUT2D eigenvalue weighted by atomic mass is 9.90. The second-order valence-corrected chi connectivity index (χ2v) is 5.87. The van der Waals surface area contributed by atoms with Crippen LogP contribution in [-0.2, 0) is 11.3 Å². The third-order valence-electron chi connectivity index (χ3n) is 4.23. The van der Waals surface area contributed by atoms with E-state index in [1.54, 1.807) is 6.26 Å². The van der Waals surface area contributed by atoms with Gasteiger partial charge in [0.25, 0.3) is 0 Å². The monoisotopic (exact) mass is 280 g/mol. The van der Waals surface area contributed by atoms with Gasteiger partial charge in [-0.3, -0.25) is 0 Å². The first-order valence-electron chi connectivity index (χ1n) is 7.78. The van der Waals surface area contributed by atoms with Gasteiger partial charge < -0.3 is 19.4 Å². The fourth-order valence-electron chi connectivity index (χ4n) is 2.77. The van der Waals surface area contributed by atoms with Gasteiger partial charge in [-0.1, -0.05) is 0 Å². The van der Waals surface area contributed by atoms with Crippen LogP contribution in [0.25, 0.3) is 0 Å². The molecule has 2 heterocycles. The summed E-state index contributed by atoms with van der Waals surface area (Å²) in [4.78, 5) is 2.42. The van der Waals surface area contributed by atoms with Crippen LogP contribution in [0.15, 0.2) is 22.8 Å². The second kappa shape index (κ2) is 8.45. The maximum atomic E-state index is 5.58. The average Bonchev–Trinajstić information content (AvgIpc) is 2.96. The average molecular weight is 280 g/mol. The molecule has 1 aliphatic heterocycles. The lowest BCUT2D eigenvalue weighted by molar-refractivity contribution is 0.102. The molecule has 1 fully saturated rings. The van der Waals surface area contributed by atoms with Crippen LogP contribution in [-0.4, -0.2) is 44.2 Å². The van der Waals surface area contributed by atoms with Gasteiger partial charge in [0.2, 0.25) is 0 Å². The van der Waals surface area contributed by atoms with E-state index in [1.807, 2.05) is 12.1 Å². The van der Waals surface area contributed by atoms with Crippen LogP contribution in [0.3, 0.4) is 0 Å². The number of piperidine rings is 1. The smallest absolute Gasteiger partial charge is 0.129 e. The van der Waals surface area contributed by atoms with Crippen LogP contribution in [0.5, 0.6) is 0 Å². The Balaban J connectivity index is 1.48. The first-order chi connectivity index (χ1) is 9.75. The normalized spacial score (nSPS) is 19.3. The molecule has 1 aliphatic rings. The molecular weight excluding hydrogens is 252 g/mol. The number of nitrogens with zero attached hydrogens (tertiary/aromatic N) is 1. The predicted molar refractivity (Wildman–Crippen MR) is 80.7 cm³/mol. The molecule has 2 rings (SSSR count). The van der Waals surface area contributed by atoms with E-state index in [-0.39, 0.29) is 0 Å². The first kappa shape index (κ1) is 15.5. The summed E-state index contributed by atoms with van der Waals surface area (Å²) in [6, 6.07) is 4.46. The van der Waals surface area contributed by atoms with Gasteiger partial charge in [-0.05, 0) is 70.9 Å². The predicted octanol–water partition coefficient (Wildman–Crippen LogP) is 2.51. The van der Waals surface area contributed by atoms with Gasteiger partial charge in [0.05, 0.1) is 6.26 Å². The van der Waals surface area contributed by atoms with Crippen molar-refractivity contribution in [2.45, 2.75) is 38.8 Å². The van der Waals surface area contributed by atoms with Crippen LogP contribution in [0, 0.1) is 5.92 Å². The topological polar surface area (TPSA) is 37.6 Å². The van der Waals surface area contributed by atoms with Crippen molar-refractivity contribution in [3.8, 4) is 0 Å². The Hall–Kier alpha value is -0.840. The molecule has 0 saturated carbocycles. The maximum Gasteiger partial charge on any atom is 0.129 e. The highest BCUT2D eigenvalue weighted by molar-refractivity contribution is 4.95. The lowest BCUT2D eigenvalue weighted by Crippen LogP contribution is -2.41. The number of nitrogens with one attached hydrogen (secondary N) is 1. The van der Waals surface area contributed by atoms with Crippen molar-refractivity contribution < 1.29 is 9.15 Å². The van der Waals surface area contributed by atoms with Crippen LogP contribution in [0.4, 0.5) is 0 Å². The molecule has 1 unspecified atom stereocenters. The van der Waals surface area contributed by atoms with E-state index in [0.29, 0.717) is 12.6 Å². The Labute approximate surface area is 122 Å². The van der Waals surface area contributed by atoms with Crippen LogP contribution >= 0.6 is 0 Å². The summed E-state index contributed by atoms with van der Waals surface area (Å²) < 4.78 is 10.8. The van der Waals surface area contributed by atoms with Crippen molar-refractivity contribution in [2.24, 2.45) is 5.92 Å². The van der Waals surface area contributed by atoms with Gasteiger partial charge in [-0.15, -0.1) is 0 Å². The molecule has 0 aliphatic carbocycles. The zero-order valence-electron chi connectivity index (χ0n) is 12.8. The first-order valence-corrected chi connectivity index (χ1v) is 7.78. The summed E-state index contributed by atoms with van der Waals surface area (Å²) in [5, 5.41) is 3.64. The van der Waals surface area contributed by atoms with E-state index >= 15 is 0 Å².